The fraction of sp³-hybridized carbons (Fsp3) is 0.500. The van der Waals surface area contributed by atoms with Crippen LogP contribution in [-0.4, -0.2) is 36.9 Å². The molecule has 0 saturated heterocycles. The molecule has 0 aromatic carbocycles. The zero-order valence-corrected chi connectivity index (χ0v) is 11.1. The van der Waals surface area contributed by atoms with Crippen molar-refractivity contribution in [3.05, 3.63) is 17.5 Å². The lowest BCUT2D eigenvalue weighted by molar-refractivity contribution is -0.137. The maximum absolute atomic E-state index is 12.1. The first-order chi connectivity index (χ1) is 7.98. The summed E-state index contributed by atoms with van der Waals surface area (Å²) < 4.78 is 25.8. The van der Waals surface area contributed by atoms with E-state index in [-0.39, 0.29) is 17.2 Å². The highest BCUT2D eigenvalue weighted by molar-refractivity contribution is 7.91. The maximum atomic E-state index is 12.1. The molecule has 96 valence electrons. The minimum absolute atomic E-state index is 0.0173. The average molecular weight is 277 g/mol. The number of sulfonamides is 1. The third-order valence-electron chi connectivity index (χ3n) is 2.14. The number of thiophene rings is 1. The van der Waals surface area contributed by atoms with Crippen molar-refractivity contribution in [2.24, 2.45) is 0 Å². The van der Waals surface area contributed by atoms with Crippen molar-refractivity contribution in [2.75, 3.05) is 13.1 Å². The Morgan fingerprint density at radius 1 is 1.47 bits per heavy atom. The van der Waals surface area contributed by atoms with E-state index in [0.717, 1.165) is 11.3 Å². The first-order valence-electron chi connectivity index (χ1n) is 5.24. The van der Waals surface area contributed by atoms with Gasteiger partial charge in [0.05, 0.1) is 6.42 Å². The third-order valence-corrected chi connectivity index (χ3v) is 5.41. The predicted octanol–water partition coefficient (Wildman–Crippen LogP) is 1.62. The Balaban J connectivity index is 2.86. The van der Waals surface area contributed by atoms with Crippen molar-refractivity contribution in [1.82, 2.24) is 4.31 Å². The molecule has 17 heavy (non-hydrogen) atoms. The second-order valence-corrected chi connectivity index (χ2v) is 6.59. The average Bonchev–Trinajstić information content (AvgIpc) is 2.77. The predicted molar refractivity (Wildman–Crippen MR) is 65.6 cm³/mol. The van der Waals surface area contributed by atoms with Gasteiger partial charge in [-0.25, -0.2) is 8.42 Å². The van der Waals surface area contributed by atoms with Crippen LogP contribution in [-0.2, 0) is 14.8 Å². The lowest BCUT2D eigenvalue weighted by atomic mass is 10.4. The van der Waals surface area contributed by atoms with Gasteiger partial charge in [-0.15, -0.1) is 11.3 Å². The lowest BCUT2D eigenvalue weighted by Crippen LogP contribution is -2.33. The van der Waals surface area contributed by atoms with E-state index in [1.54, 1.807) is 11.4 Å². The molecule has 5 nitrogen and oxygen atoms in total. The second kappa shape index (κ2) is 6.13. The largest absolute Gasteiger partial charge is 0.481 e. The summed E-state index contributed by atoms with van der Waals surface area (Å²) in [6.07, 6.45) is 0.481. The number of carbonyl (C=O) groups is 1. The fourth-order valence-corrected chi connectivity index (χ4v) is 4.04. The van der Waals surface area contributed by atoms with Gasteiger partial charge in [0.15, 0.2) is 0 Å². The highest BCUT2D eigenvalue weighted by Gasteiger charge is 2.24. The molecule has 0 unspecified atom stereocenters. The van der Waals surface area contributed by atoms with E-state index in [1.807, 2.05) is 6.92 Å². The molecule has 0 atom stereocenters. The van der Waals surface area contributed by atoms with Crippen molar-refractivity contribution in [2.45, 2.75) is 24.0 Å². The molecule has 0 radical (unpaired) electrons. The summed E-state index contributed by atoms with van der Waals surface area (Å²) in [6, 6.07) is 3.20. The zero-order chi connectivity index (χ0) is 12.9. The van der Waals surface area contributed by atoms with Crippen molar-refractivity contribution < 1.29 is 18.3 Å². The highest BCUT2D eigenvalue weighted by atomic mass is 32.2. The molecule has 0 bridgehead atoms. The highest BCUT2D eigenvalue weighted by Crippen LogP contribution is 2.21. The molecule has 1 rings (SSSR count). The third kappa shape index (κ3) is 3.79. The molecule has 0 saturated carbocycles. The van der Waals surface area contributed by atoms with Crippen LogP contribution in [0.2, 0.25) is 0 Å². The number of nitrogens with zero attached hydrogens (tertiary/aromatic N) is 1. The van der Waals surface area contributed by atoms with E-state index in [0.29, 0.717) is 13.0 Å². The van der Waals surface area contributed by atoms with Gasteiger partial charge in [0.1, 0.15) is 4.21 Å². The number of hydrogen-bond donors (Lipinski definition) is 1. The van der Waals surface area contributed by atoms with Crippen LogP contribution in [0.1, 0.15) is 19.8 Å². The van der Waals surface area contributed by atoms with Gasteiger partial charge in [0.25, 0.3) is 10.0 Å². The zero-order valence-electron chi connectivity index (χ0n) is 9.50. The van der Waals surface area contributed by atoms with E-state index in [9.17, 15) is 13.2 Å². The summed E-state index contributed by atoms with van der Waals surface area (Å²) >= 11 is 1.14. The van der Waals surface area contributed by atoms with Gasteiger partial charge in [-0.05, 0) is 17.9 Å². The normalized spacial score (nSPS) is 11.9. The van der Waals surface area contributed by atoms with Crippen molar-refractivity contribution in [1.29, 1.82) is 0 Å². The second-order valence-electron chi connectivity index (χ2n) is 3.48. The van der Waals surface area contributed by atoms with Crippen molar-refractivity contribution >= 4 is 27.3 Å². The van der Waals surface area contributed by atoms with E-state index < -0.39 is 16.0 Å². The standard InChI is InChI=1S/C10H15NO4S2/c1-2-6-11(7-5-9(12)13)17(14,15)10-4-3-8-16-10/h3-4,8H,2,5-7H2,1H3,(H,12,13). The van der Waals surface area contributed by atoms with Crippen LogP contribution in [0.4, 0.5) is 0 Å². The Kier molecular flexibility index (Phi) is 5.10. The van der Waals surface area contributed by atoms with Crippen LogP contribution < -0.4 is 0 Å². The van der Waals surface area contributed by atoms with Gasteiger partial charge in [0, 0.05) is 13.1 Å². The number of rotatable bonds is 7. The Labute approximate surface area is 105 Å². The van der Waals surface area contributed by atoms with Gasteiger partial charge >= 0.3 is 5.97 Å². The lowest BCUT2D eigenvalue weighted by Gasteiger charge is -2.19. The molecule has 0 aliphatic heterocycles. The topological polar surface area (TPSA) is 74.7 Å². The summed E-state index contributed by atoms with van der Waals surface area (Å²) in [6.45, 7) is 2.22. The molecule has 1 N–H and O–H groups in total. The van der Waals surface area contributed by atoms with Gasteiger partial charge < -0.3 is 5.11 Å². The summed E-state index contributed by atoms with van der Waals surface area (Å²) in [5.74, 6) is -0.993. The van der Waals surface area contributed by atoms with E-state index in [1.165, 1.54) is 10.4 Å². The number of hydrogen-bond acceptors (Lipinski definition) is 4. The number of carboxylic acids is 1. The first kappa shape index (κ1) is 14.1. The molecule has 1 aromatic rings. The van der Waals surface area contributed by atoms with Crippen molar-refractivity contribution in [3.63, 3.8) is 0 Å². The molecule has 1 heterocycles. The van der Waals surface area contributed by atoms with E-state index in [2.05, 4.69) is 0 Å². The molecular weight excluding hydrogens is 262 g/mol. The molecular formula is C10H15NO4S2. The maximum Gasteiger partial charge on any atom is 0.304 e. The number of aliphatic carboxylic acids is 1. The molecule has 0 spiro atoms. The monoisotopic (exact) mass is 277 g/mol. The van der Waals surface area contributed by atoms with E-state index in [4.69, 9.17) is 5.11 Å². The van der Waals surface area contributed by atoms with Gasteiger partial charge in [0.2, 0.25) is 0 Å². The molecule has 0 amide bonds. The SMILES string of the molecule is CCCN(CCC(=O)O)S(=O)(=O)c1cccs1. The summed E-state index contributed by atoms with van der Waals surface area (Å²) in [7, 11) is -3.53. The summed E-state index contributed by atoms with van der Waals surface area (Å²) in [4.78, 5) is 10.5. The first-order valence-corrected chi connectivity index (χ1v) is 7.56. The van der Waals surface area contributed by atoms with Crippen LogP contribution in [0.15, 0.2) is 21.7 Å². The van der Waals surface area contributed by atoms with Gasteiger partial charge in [-0.1, -0.05) is 13.0 Å². The minimum atomic E-state index is -3.53. The van der Waals surface area contributed by atoms with Gasteiger partial charge in [-0.2, -0.15) is 4.31 Å². The number of carboxylic acid groups (broad SMARTS) is 1. The van der Waals surface area contributed by atoms with Crippen LogP contribution in [0.5, 0.6) is 0 Å². The van der Waals surface area contributed by atoms with Crippen LogP contribution in [0, 0.1) is 0 Å². The minimum Gasteiger partial charge on any atom is -0.481 e. The van der Waals surface area contributed by atoms with Gasteiger partial charge in [-0.3, -0.25) is 4.79 Å². The van der Waals surface area contributed by atoms with Crippen LogP contribution in [0.3, 0.4) is 0 Å². The molecule has 0 fully saturated rings. The molecule has 0 aliphatic carbocycles. The summed E-state index contributed by atoms with van der Waals surface area (Å²) in [5.41, 5.74) is 0. The van der Waals surface area contributed by atoms with E-state index >= 15 is 0 Å². The Morgan fingerprint density at radius 3 is 2.65 bits per heavy atom. The molecule has 1 aromatic heterocycles. The Bertz CT molecular complexity index is 453. The van der Waals surface area contributed by atoms with Crippen LogP contribution >= 0.6 is 11.3 Å². The van der Waals surface area contributed by atoms with Crippen molar-refractivity contribution in [3.8, 4) is 0 Å². The summed E-state index contributed by atoms with van der Waals surface area (Å²) in [5, 5.41) is 10.3. The Morgan fingerprint density at radius 2 is 2.18 bits per heavy atom. The Hall–Kier alpha value is -0.920. The smallest absolute Gasteiger partial charge is 0.304 e. The van der Waals surface area contributed by atoms with Crippen LogP contribution in [0.25, 0.3) is 0 Å². The molecule has 0 aliphatic rings. The fourth-order valence-electron chi connectivity index (χ4n) is 1.36. The molecule has 7 heteroatoms. The quantitative estimate of drug-likeness (QED) is 0.822.